The fourth-order valence-electron chi connectivity index (χ4n) is 1.94. The molecule has 1 aliphatic heterocycles. The van der Waals surface area contributed by atoms with Crippen LogP contribution >= 0.6 is 0 Å². The molecule has 2 rings (SSSR count). The molecule has 17 heavy (non-hydrogen) atoms. The summed E-state index contributed by atoms with van der Waals surface area (Å²) in [5, 5.41) is 3.47. The Balaban J connectivity index is 2.11. The van der Waals surface area contributed by atoms with Gasteiger partial charge < -0.3 is 15.8 Å². The van der Waals surface area contributed by atoms with E-state index in [0.717, 1.165) is 30.9 Å². The van der Waals surface area contributed by atoms with Crippen LogP contribution in [0.3, 0.4) is 0 Å². The van der Waals surface area contributed by atoms with E-state index >= 15 is 0 Å². The van der Waals surface area contributed by atoms with E-state index in [4.69, 9.17) is 10.5 Å². The number of nitrogens with two attached hydrogens (primary N) is 1. The van der Waals surface area contributed by atoms with Crippen molar-refractivity contribution >= 4 is 0 Å². The van der Waals surface area contributed by atoms with Gasteiger partial charge in [0.25, 0.3) is 0 Å². The van der Waals surface area contributed by atoms with Gasteiger partial charge in [0.15, 0.2) is 0 Å². The maximum Gasteiger partial charge on any atom is 0.124 e. The SMILES string of the molecule is CC(C)(C)NCc1ccc2c(c1)OCC[C@H]2N. The van der Waals surface area contributed by atoms with Gasteiger partial charge in [-0.3, -0.25) is 0 Å². The zero-order valence-electron chi connectivity index (χ0n) is 10.9. The minimum absolute atomic E-state index is 0.128. The summed E-state index contributed by atoms with van der Waals surface area (Å²) in [6.07, 6.45) is 0.909. The maximum atomic E-state index is 6.04. The van der Waals surface area contributed by atoms with E-state index in [-0.39, 0.29) is 11.6 Å². The second kappa shape index (κ2) is 4.67. The van der Waals surface area contributed by atoms with Crippen molar-refractivity contribution in [2.24, 2.45) is 5.73 Å². The molecular weight excluding hydrogens is 212 g/mol. The van der Waals surface area contributed by atoms with Crippen molar-refractivity contribution in [3.63, 3.8) is 0 Å². The molecule has 1 heterocycles. The van der Waals surface area contributed by atoms with Crippen LogP contribution in [-0.2, 0) is 6.54 Å². The number of nitrogens with one attached hydrogen (secondary N) is 1. The van der Waals surface area contributed by atoms with Crippen LogP contribution in [0.2, 0.25) is 0 Å². The van der Waals surface area contributed by atoms with Crippen LogP contribution in [0.1, 0.15) is 44.4 Å². The van der Waals surface area contributed by atoms with Gasteiger partial charge in [0.05, 0.1) is 6.61 Å². The Morgan fingerprint density at radius 3 is 2.88 bits per heavy atom. The van der Waals surface area contributed by atoms with Gasteiger partial charge in [-0.2, -0.15) is 0 Å². The molecule has 0 aromatic heterocycles. The Morgan fingerprint density at radius 2 is 2.18 bits per heavy atom. The normalized spacial score (nSPS) is 19.6. The summed E-state index contributed by atoms with van der Waals surface area (Å²) >= 11 is 0. The average molecular weight is 234 g/mol. The Morgan fingerprint density at radius 1 is 1.41 bits per heavy atom. The van der Waals surface area contributed by atoms with Gasteiger partial charge in [-0.15, -0.1) is 0 Å². The summed E-state index contributed by atoms with van der Waals surface area (Å²) < 4.78 is 5.66. The third kappa shape index (κ3) is 3.20. The zero-order chi connectivity index (χ0) is 12.5. The van der Waals surface area contributed by atoms with E-state index in [9.17, 15) is 0 Å². The molecule has 0 radical (unpaired) electrons. The van der Waals surface area contributed by atoms with E-state index < -0.39 is 0 Å². The molecule has 1 aromatic carbocycles. The lowest BCUT2D eigenvalue weighted by Gasteiger charge is -2.24. The molecule has 3 N–H and O–H groups in total. The molecule has 0 saturated heterocycles. The molecular formula is C14H22N2O. The topological polar surface area (TPSA) is 47.3 Å². The highest BCUT2D eigenvalue weighted by Gasteiger charge is 2.18. The van der Waals surface area contributed by atoms with E-state index in [2.05, 4.69) is 44.3 Å². The average Bonchev–Trinajstić information content (AvgIpc) is 2.26. The molecule has 0 fully saturated rings. The van der Waals surface area contributed by atoms with Gasteiger partial charge in [0.1, 0.15) is 5.75 Å². The number of hydrogen-bond donors (Lipinski definition) is 2. The van der Waals surface area contributed by atoms with Crippen LogP contribution in [0, 0.1) is 0 Å². The highest BCUT2D eigenvalue weighted by molar-refractivity contribution is 5.40. The molecule has 0 unspecified atom stereocenters. The largest absolute Gasteiger partial charge is 0.493 e. The highest BCUT2D eigenvalue weighted by atomic mass is 16.5. The third-order valence-electron chi connectivity index (χ3n) is 2.99. The van der Waals surface area contributed by atoms with Crippen molar-refractivity contribution in [2.45, 2.75) is 45.3 Å². The minimum atomic E-state index is 0.128. The van der Waals surface area contributed by atoms with Crippen molar-refractivity contribution in [2.75, 3.05) is 6.61 Å². The van der Waals surface area contributed by atoms with Crippen LogP contribution in [0.5, 0.6) is 5.75 Å². The standard InChI is InChI=1S/C14H22N2O/c1-14(2,3)16-9-10-4-5-11-12(15)6-7-17-13(11)8-10/h4-5,8,12,16H,6-7,9,15H2,1-3H3/t12-/m1/s1. The van der Waals surface area contributed by atoms with Crippen molar-refractivity contribution in [1.82, 2.24) is 5.32 Å². The lowest BCUT2D eigenvalue weighted by molar-refractivity contribution is 0.268. The van der Waals surface area contributed by atoms with E-state index in [0.29, 0.717) is 0 Å². The van der Waals surface area contributed by atoms with Crippen molar-refractivity contribution in [3.8, 4) is 5.75 Å². The summed E-state index contributed by atoms with van der Waals surface area (Å²) in [6.45, 7) is 8.08. The van der Waals surface area contributed by atoms with Crippen molar-refractivity contribution < 1.29 is 4.74 Å². The maximum absolute atomic E-state index is 6.04. The smallest absolute Gasteiger partial charge is 0.124 e. The van der Waals surface area contributed by atoms with Gasteiger partial charge in [-0.05, 0) is 32.4 Å². The number of rotatable bonds is 2. The van der Waals surface area contributed by atoms with E-state index in [1.165, 1.54) is 5.56 Å². The third-order valence-corrected chi connectivity index (χ3v) is 2.99. The fourth-order valence-corrected chi connectivity index (χ4v) is 1.94. The first kappa shape index (κ1) is 12.4. The molecule has 1 aromatic rings. The van der Waals surface area contributed by atoms with Gasteiger partial charge >= 0.3 is 0 Å². The number of benzene rings is 1. The Bertz CT molecular complexity index is 396. The summed E-state index contributed by atoms with van der Waals surface area (Å²) in [5.74, 6) is 0.956. The summed E-state index contributed by atoms with van der Waals surface area (Å²) in [5.41, 5.74) is 8.55. The minimum Gasteiger partial charge on any atom is -0.493 e. The van der Waals surface area contributed by atoms with Gasteiger partial charge in [-0.1, -0.05) is 12.1 Å². The van der Waals surface area contributed by atoms with Crippen LogP contribution in [0.4, 0.5) is 0 Å². The lowest BCUT2D eigenvalue weighted by atomic mass is 9.99. The Kier molecular flexibility index (Phi) is 3.40. The highest BCUT2D eigenvalue weighted by Crippen LogP contribution is 2.31. The Labute approximate surface area is 103 Å². The predicted octanol–water partition coefficient (Wildman–Crippen LogP) is 2.36. The van der Waals surface area contributed by atoms with Gasteiger partial charge in [0, 0.05) is 30.1 Å². The molecule has 94 valence electrons. The molecule has 0 aliphatic carbocycles. The molecule has 1 aliphatic rings. The first-order chi connectivity index (χ1) is 7.96. The predicted molar refractivity (Wildman–Crippen MR) is 70.1 cm³/mol. The van der Waals surface area contributed by atoms with Crippen molar-refractivity contribution in [1.29, 1.82) is 0 Å². The molecule has 0 saturated carbocycles. The van der Waals surface area contributed by atoms with Crippen LogP contribution in [0.15, 0.2) is 18.2 Å². The van der Waals surface area contributed by atoms with Crippen molar-refractivity contribution in [3.05, 3.63) is 29.3 Å². The van der Waals surface area contributed by atoms with Crippen LogP contribution in [-0.4, -0.2) is 12.1 Å². The number of hydrogen-bond acceptors (Lipinski definition) is 3. The Hall–Kier alpha value is -1.06. The summed E-state index contributed by atoms with van der Waals surface area (Å²) in [6, 6.07) is 6.46. The quantitative estimate of drug-likeness (QED) is 0.826. The molecule has 0 bridgehead atoms. The fraction of sp³-hybridized carbons (Fsp3) is 0.571. The summed E-state index contributed by atoms with van der Waals surface area (Å²) in [4.78, 5) is 0. The second-order valence-corrected chi connectivity index (χ2v) is 5.72. The molecule has 0 spiro atoms. The van der Waals surface area contributed by atoms with E-state index in [1.54, 1.807) is 0 Å². The van der Waals surface area contributed by atoms with Gasteiger partial charge in [0.2, 0.25) is 0 Å². The van der Waals surface area contributed by atoms with Crippen LogP contribution in [0.25, 0.3) is 0 Å². The zero-order valence-corrected chi connectivity index (χ0v) is 10.9. The van der Waals surface area contributed by atoms with Gasteiger partial charge in [-0.25, -0.2) is 0 Å². The first-order valence-corrected chi connectivity index (χ1v) is 6.22. The monoisotopic (exact) mass is 234 g/mol. The van der Waals surface area contributed by atoms with Crippen LogP contribution < -0.4 is 15.8 Å². The number of ether oxygens (including phenoxy) is 1. The number of fused-ring (bicyclic) bond motifs is 1. The first-order valence-electron chi connectivity index (χ1n) is 6.22. The second-order valence-electron chi connectivity index (χ2n) is 5.72. The molecule has 3 nitrogen and oxygen atoms in total. The molecule has 0 amide bonds. The van der Waals surface area contributed by atoms with E-state index in [1.807, 2.05) is 0 Å². The summed E-state index contributed by atoms with van der Waals surface area (Å²) in [7, 11) is 0. The molecule has 1 atom stereocenters. The molecule has 3 heteroatoms. The lowest BCUT2D eigenvalue weighted by Crippen LogP contribution is -2.35.